The summed E-state index contributed by atoms with van der Waals surface area (Å²) in [5, 5.41) is 5.40. The molecule has 0 aliphatic carbocycles. The molecule has 0 aromatic heterocycles. The van der Waals surface area contributed by atoms with E-state index in [2.05, 4.69) is 10.6 Å². The number of benzene rings is 2. The smallest absolute Gasteiger partial charge is 0.252 e. The Bertz CT molecular complexity index is 1050. The molecule has 0 atom stereocenters. The Morgan fingerprint density at radius 2 is 1.60 bits per heavy atom. The Morgan fingerprint density at radius 3 is 2.23 bits per heavy atom. The topological polar surface area (TPSA) is 95.6 Å². The lowest BCUT2D eigenvalue weighted by atomic mass is 10.1. The molecule has 2 aromatic carbocycles. The first-order chi connectivity index (χ1) is 14.2. The van der Waals surface area contributed by atoms with Gasteiger partial charge in [0, 0.05) is 24.3 Å². The SMILES string of the molecule is Cc1ccc(S(=O)(=O)N2CCCC2)cc1C(=O)NCC(=O)Nc1c(C)cccc1C. The third kappa shape index (κ3) is 4.71. The molecule has 0 bridgehead atoms. The van der Waals surface area contributed by atoms with E-state index in [4.69, 9.17) is 0 Å². The van der Waals surface area contributed by atoms with Gasteiger partial charge in [-0.15, -0.1) is 0 Å². The lowest BCUT2D eigenvalue weighted by Crippen LogP contribution is -2.34. The van der Waals surface area contributed by atoms with E-state index in [-0.39, 0.29) is 22.9 Å². The number of sulfonamides is 1. The number of para-hydroxylation sites is 1. The third-order valence-electron chi connectivity index (χ3n) is 5.31. The number of hydrogen-bond acceptors (Lipinski definition) is 4. The van der Waals surface area contributed by atoms with Gasteiger partial charge in [0.2, 0.25) is 15.9 Å². The van der Waals surface area contributed by atoms with Crippen molar-refractivity contribution in [2.24, 2.45) is 0 Å². The summed E-state index contributed by atoms with van der Waals surface area (Å²) in [6, 6.07) is 10.2. The molecular formula is C22H27N3O4S. The zero-order valence-electron chi connectivity index (χ0n) is 17.5. The van der Waals surface area contributed by atoms with Gasteiger partial charge in [-0.1, -0.05) is 24.3 Å². The molecule has 160 valence electrons. The van der Waals surface area contributed by atoms with Gasteiger partial charge in [0.25, 0.3) is 5.91 Å². The number of carbonyl (C=O) groups excluding carboxylic acids is 2. The number of hydrogen-bond donors (Lipinski definition) is 2. The van der Waals surface area contributed by atoms with E-state index in [0.717, 1.165) is 29.7 Å². The number of amides is 2. The zero-order valence-corrected chi connectivity index (χ0v) is 18.3. The number of carbonyl (C=O) groups is 2. The maximum Gasteiger partial charge on any atom is 0.252 e. The Labute approximate surface area is 177 Å². The molecule has 2 amide bonds. The van der Waals surface area contributed by atoms with Gasteiger partial charge < -0.3 is 10.6 Å². The van der Waals surface area contributed by atoms with Crippen molar-refractivity contribution in [2.45, 2.75) is 38.5 Å². The van der Waals surface area contributed by atoms with Crippen molar-refractivity contribution in [3.8, 4) is 0 Å². The molecule has 2 N–H and O–H groups in total. The van der Waals surface area contributed by atoms with Gasteiger partial charge in [-0.05, 0) is 62.4 Å². The van der Waals surface area contributed by atoms with Crippen LogP contribution in [0.1, 0.15) is 39.9 Å². The molecule has 0 saturated carbocycles. The van der Waals surface area contributed by atoms with Crippen LogP contribution in [0.4, 0.5) is 5.69 Å². The first-order valence-corrected chi connectivity index (χ1v) is 11.4. The van der Waals surface area contributed by atoms with Gasteiger partial charge in [-0.2, -0.15) is 4.31 Å². The van der Waals surface area contributed by atoms with Crippen molar-refractivity contribution in [1.82, 2.24) is 9.62 Å². The molecule has 0 spiro atoms. The summed E-state index contributed by atoms with van der Waals surface area (Å²) >= 11 is 0. The maximum absolute atomic E-state index is 12.8. The fourth-order valence-corrected chi connectivity index (χ4v) is 5.08. The molecular weight excluding hydrogens is 402 g/mol. The quantitative estimate of drug-likeness (QED) is 0.738. The molecule has 1 fully saturated rings. The minimum Gasteiger partial charge on any atom is -0.343 e. The summed E-state index contributed by atoms with van der Waals surface area (Å²) in [7, 11) is -3.62. The van der Waals surface area contributed by atoms with E-state index in [9.17, 15) is 18.0 Å². The summed E-state index contributed by atoms with van der Waals surface area (Å²) < 4.78 is 27.0. The van der Waals surface area contributed by atoms with Crippen LogP contribution in [0.2, 0.25) is 0 Å². The minimum absolute atomic E-state index is 0.0973. The van der Waals surface area contributed by atoms with Crippen LogP contribution < -0.4 is 10.6 Å². The van der Waals surface area contributed by atoms with E-state index < -0.39 is 15.9 Å². The van der Waals surface area contributed by atoms with Crippen LogP contribution in [-0.2, 0) is 14.8 Å². The molecule has 1 saturated heterocycles. The molecule has 8 heteroatoms. The zero-order chi connectivity index (χ0) is 21.9. The average molecular weight is 430 g/mol. The Balaban J connectivity index is 1.70. The monoisotopic (exact) mass is 429 g/mol. The maximum atomic E-state index is 12.8. The molecule has 30 heavy (non-hydrogen) atoms. The minimum atomic E-state index is -3.62. The van der Waals surface area contributed by atoms with Gasteiger partial charge in [0.15, 0.2) is 0 Å². The number of aryl methyl sites for hydroxylation is 3. The predicted molar refractivity (Wildman–Crippen MR) is 116 cm³/mol. The van der Waals surface area contributed by atoms with Crippen molar-refractivity contribution in [3.63, 3.8) is 0 Å². The highest BCUT2D eigenvalue weighted by Gasteiger charge is 2.28. The fraction of sp³-hybridized carbons (Fsp3) is 0.364. The Kier molecular flexibility index (Phi) is 6.58. The van der Waals surface area contributed by atoms with Crippen LogP contribution in [0, 0.1) is 20.8 Å². The molecule has 2 aromatic rings. The summed E-state index contributed by atoms with van der Waals surface area (Å²) in [6.45, 7) is 6.31. The van der Waals surface area contributed by atoms with E-state index >= 15 is 0 Å². The van der Waals surface area contributed by atoms with Crippen LogP contribution in [0.3, 0.4) is 0 Å². The van der Waals surface area contributed by atoms with Crippen LogP contribution in [0.25, 0.3) is 0 Å². The van der Waals surface area contributed by atoms with E-state index in [0.29, 0.717) is 18.7 Å². The lowest BCUT2D eigenvalue weighted by molar-refractivity contribution is -0.115. The number of anilines is 1. The summed E-state index contributed by atoms with van der Waals surface area (Å²) in [6.07, 6.45) is 1.68. The summed E-state index contributed by atoms with van der Waals surface area (Å²) in [5.41, 5.74) is 3.49. The molecule has 0 unspecified atom stereocenters. The second kappa shape index (κ2) is 8.97. The molecule has 1 aliphatic rings. The average Bonchev–Trinajstić information content (AvgIpc) is 3.25. The third-order valence-corrected chi connectivity index (χ3v) is 7.21. The van der Waals surface area contributed by atoms with E-state index in [1.165, 1.54) is 16.4 Å². The van der Waals surface area contributed by atoms with Crippen molar-refractivity contribution in [3.05, 3.63) is 58.7 Å². The number of nitrogens with one attached hydrogen (secondary N) is 2. The first kappa shape index (κ1) is 22.0. The highest BCUT2D eigenvalue weighted by molar-refractivity contribution is 7.89. The molecule has 1 heterocycles. The van der Waals surface area contributed by atoms with Gasteiger partial charge in [-0.25, -0.2) is 8.42 Å². The number of rotatable bonds is 6. The predicted octanol–water partition coefficient (Wildman–Crippen LogP) is 2.76. The van der Waals surface area contributed by atoms with Gasteiger partial charge in [-0.3, -0.25) is 9.59 Å². The van der Waals surface area contributed by atoms with Crippen molar-refractivity contribution >= 4 is 27.5 Å². The second-order valence-electron chi connectivity index (χ2n) is 7.59. The van der Waals surface area contributed by atoms with Crippen molar-refractivity contribution in [1.29, 1.82) is 0 Å². The standard InChI is InChI=1S/C22H27N3O4S/c1-15-9-10-18(30(28,29)25-11-4-5-12-25)13-19(15)22(27)23-14-20(26)24-21-16(2)7-6-8-17(21)3/h6-10,13H,4-5,11-12,14H2,1-3H3,(H,23,27)(H,24,26). The van der Waals surface area contributed by atoms with Gasteiger partial charge in [0.1, 0.15) is 0 Å². The molecule has 1 aliphatic heterocycles. The first-order valence-electron chi connectivity index (χ1n) is 9.95. The van der Waals surface area contributed by atoms with Gasteiger partial charge >= 0.3 is 0 Å². The molecule has 7 nitrogen and oxygen atoms in total. The largest absolute Gasteiger partial charge is 0.343 e. The molecule has 0 radical (unpaired) electrons. The van der Waals surface area contributed by atoms with Crippen molar-refractivity contribution < 1.29 is 18.0 Å². The normalized spacial score (nSPS) is 14.5. The van der Waals surface area contributed by atoms with Crippen molar-refractivity contribution in [2.75, 3.05) is 25.0 Å². The fourth-order valence-electron chi connectivity index (χ4n) is 3.53. The lowest BCUT2D eigenvalue weighted by Gasteiger charge is -2.17. The molecule has 3 rings (SSSR count). The van der Waals surface area contributed by atoms with E-state index in [1.54, 1.807) is 13.0 Å². The number of nitrogens with zero attached hydrogens (tertiary/aromatic N) is 1. The van der Waals surface area contributed by atoms with Crippen LogP contribution in [0.5, 0.6) is 0 Å². The summed E-state index contributed by atoms with van der Waals surface area (Å²) in [4.78, 5) is 25.1. The van der Waals surface area contributed by atoms with Crippen LogP contribution >= 0.6 is 0 Å². The van der Waals surface area contributed by atoms with E-state index in [1.807, 2.05) is 32.0 Å². The van der Waals surface area contributed by atoms with Crippen LogP contribution in [-0.4, -0.2) is 44.2 Å². The second-order valence-corrected chi connectivity index (χ2v) is 9.52. The summed E-state index contributed by atoms with van der Waals surface area (Å²) in [5.74, 6) is -0.832. The highest BCUT2D eigenvalue weighted by atomic mass is 32.2. The Hall–Kier alpha value is -2.71. The van der Waals surface area contributed by atoms with Crippen LogP contribution in [0.15, 0.2) is 41.3 Å². The highest BCUT2D eigenvalue weighted by Crippen LogP contribution is 2.23. The van der Waals surface area contributed by atoms with Gasteiger partial charge in [0.05, 0.1) is 11.4 Å². The Morgan fingerprint density at radius 1 is 0.967 bits per heavy atom.